The Morgan fingerprint density at radius 3 is 2.44 bits per heavy atom. The van der Waals surface area contributed by atoms with Crippen molar-refractivity contribution >= 4 is 5.96 Å². The fourth-order valence-corrected chi connectivity index (χ4v) is 2.33. The average Bonchev–Trinajstić information content (AvgIpc) is 2.70. The maximum absolute atomic E-state index is 5.39. The molecule has 0 aliphatic rings. The molecule has 0 amide bonds. The zero-order chi connectivity index (χ0) is 19.7. The van der Waals surface area contributed by atoms with Gasteiger partial charge in [-0.3, -0.25) is 0 Å². The number of likely N-dealkylation sites (N-methyl/N-ethyl adjacent to an activating group) is 1. The second-order valence-electron chi connectivity index (χ2n) is 6.21. The minimum Gasteiger partial charge on any atom is -0.497 e. The number of rotatable bonds is 14. The lowest BCUT2D eigenvalue weighted by molar-refractivity contribution is 0.145. The molecule has 7 nitrogen and oxygen atoms in total. The van der Waals surface area contributed by atoms with E-state index in [9.17, 15) is 0 Å². The third-order valence-electron chi connectivity index (χ3n) is 4.00. The smallest absolute Gasteiger partial charge is 0.191 e. The Labute approximate surface area is 164 Å². The highest BCUT2D eigenvalue weighted by Crippen LogP contribution is 2.11. The molecule has 7 heteroatoms. The first-order chi connectivity index (χ1) is 13.2. The van der Waals surface area contributed by atoms with Gasteiger partial charge in [-0.2, -0.15) is 0 Å². The molecule has 0 atom stereocenters. The van der Waals surface area contributed by atoms with Crippen LogP contribution < -0.4 is 15.4 Å². The van der Waals surface area contributed by atoms with Gasteiger partial charge in [0.25, 0.3) is 0 Å². The number of hydrogen-bond donors (Lipinski definition) is 2. The van der Waals surface area contributed by atoms with Crippen molar-refractivity contribution in [2.24, 2.45) is 4.99 Å². The van der Waals surface area contributed by atoms with Crippen LogP contribution in [0.15, 0.2) is 29.3 Å². The van der Waals surface area contributed by atoms with Gasteiger partial charge in [-0.1, -0.05) is 12.1 Å². The monoisotopic (exact) mass is 380 g/mol. The van der Waals surface area contributed by atoms with Crippen LogP contribution in [0.4, 0.5) is 0 Å². The van der Waals surface area contributed by atoms with Gasteiger partial charge in [-0.05, 0) is 38.1 Å². The fraction of sp³-hybridized carbons (Fsp3) is 0.650. The molecule has 0 saturated heterocycles. The number of hydrogen-bond acceptors (Lipinski definition) is 5. The number of ether oxygens (including phenoxy) is 3. The molecule has 1 aromatic carbocycles. The van der Waals surface area contributed by atoms with E-state index in [0.717, 1.165) is 69.7 Å². The molecule has 0 aromatic heterocycles. The van der Waals surface area contributed by atoms with Gasteiger partial charge in [0.05, 0.1) is 20.3 Å². The van der Waals surface area contributed by atoms with Crippen LogP contribution >= 0.6 is 0 Å². The number of nitrogens with zero attached hydrogens (tertiary/aromatic N) is 2. The third kappa shape index (κ3) is 11.5. The summed E-state index contributed by atoms with van der Waals surface area (Å²) in [6.07, 6.45) is 0.949. The molecule has 1 aromatic rings. The molecule has 27 heavy (non-hydrogen) atoms. The van der Waals surface area contributed by atoms with Crippen LogP contribution in [-0.2, 0) is 16.0 Å². The van der Waals surface area contributed by atoms with E-state index in [0.29, 0.717) is 6.54 Å². The van der Waals surface area contributed by atoms with E-state index >= 15 is 0 Å². The Balaban J connectivity index is 2.49. The number of aliphatic imine (C=N–C) groups is 1. The molecule has 0 fully saturated rings. The molecule has 0 aliphatic carbocycles. The first kappa shape index (κ1) is 23.2. The molecule has 154 valence electrons. The van der Waals surface area contributed by atoms with E-state index in [1.165, 1.54) is 0 Å². The highest BCUT2D eigenvalue weighted by Gasteiger charge is 2.02. The number of guanidine groups is 1. The Morgan fingerprint density at radius 2 is 1.78 bits per heavy atom. The predicted molar refractivity (Wildman–Crippen MR) is 111 cm³/mol. The number of benzene rings is 1. The lowest BCUT2D eigenvalue weighted by Gasteiger charge is -2.18. The predicted octanol–water partition coefficient (Wildman–Crippen LogP) is 1.74. The summed E-state index contributed by atoms with van der Waals surface area (Å²) in [5, 5.41) is 6.78. The average molecular weight is 381 g/mol. The van der Waals surface area contributed by atoms with E-state index in [2.05, 4.69) is 22.6 Å². The van der Waals surface area contributed by atoms with Crippen molar-refractivity contribution in [3.05, 3.63) is 29.8 Å². The van der Waals surface area contributed by atoms with Gasteiger partial charge in [0.1, 0.15) is 5.75 Å². The van der Waals surface area contributed by atoms with Gasteiger partial charge in [0.15, 0.2) is 5.96 Å². The second kappa shape index (κ2) is 15.2. The van der Waals surface area contributed by atoms with E-state index in [1.54, 1.807) is 14.2 Å². The second-order valence-corrected chi connectivity index (χ2v) is 6.21. The zero-order valence-corrected chi connectivity index (χ0v) is 17.3. The fourth-order valence-electron chi connectivity index (χ4n) is 2.33. The summed E-state index contributed by atoms with van der Waals surface area (Å²) in [6.45, 7) is 8.36. The molecule has 0 aliphatic heterocycles. The Hall–Kier alpha value is -1.83. The van der Waals surface area contributed by atoms with Crippen molar-refractivity contribution in [1.29, 1.82) is 0 Å². The van der Waals surface area contributed by atoms with Crippen LogP contribution in [0, 0.1) is 0 Å². The van der Waals surface area contributed by atoms with E-state index < -0.39 is 0 Å². The van der Waals surface area contributed by atoms with Crippen LogP contribution in [0.3, 0.4) is 0 Å². The Morgan fingerprint density at radius 1 is 1.04 bits per heavy atom. The van der Waals surface area contributed by atoms with Gasteiger partial charge < -0.3 is 29.7 Å². The van der Waals surface area contributed by atoms with Crippen LogP contribution in [-0.4, -0.2) is 78.1 Å². The molecule has 0 spiro atoms. The maximum atomic E-state index is 5.39. The summed E-state index contributed by atoms with van der Waals surface area (Å²) >= 11 is 0. The van der Waals surface area contributed by atoms with Gasteiger partial charge >= 0.3 is 0 Å². The highest BCUT2D eigenvalue weighted by atomic mass is 16.5. The first-order valence-corrected chi connectivity index (χ1v) is 9.60. The molecule has 0 radical (unpaired) electrons. The van der Waals surface area contributed by atoms with E-state index in [1.807, 2.05) is 31.2 Å². The van der Waals surface area contributed by atoms with E-state index in [4.69, 9.17) is 19.2 Å². The quantitative estimate of drug-likeness (QED) is 0.291. The maximum Gasteiger partial charge on any atom is 0.191 e. The Kier molecular flexibility index (Phi) is 13.1. The van der Waals surface area contributed by atoms with Crippen LogP contribution in [0.25, 0.3) is 0 Å². The zero-order valence-electron chi connectivity index (χ0n) is 17.3. The molecular weight excluding hydrogens is 344 g/mol. The topological polar surface area (TPSA) is 67.3 Å². The summed E-state index contributed by atoms with van der Waals surface area (Å²) < 4.78 is 15.7. The normalized spacial score (nSPS) is 11.7. The SMILES string of the molecule is CCOCCCNC(=NCc1ccc(OC)cc1)NCCN(C)CCOC. The lowest BCUT2D eigenvalue weighted by Crippen LogP contribution is -2.42. The summed E-state index contributed by atoms with van der Waals surface area (Å²) in [5.74, 6) is 1.68. The molecule has 0 saturated carbocycles. The van der Waals surface area contributed by atoms with Crippen molar-refractivity contribution < 1.29 is 14.2 Å². The van der Waals surface area contributed by atoms with Crippen molar-refractivity contribution in [3.63, 3.8) is 0 Å². The van der Waals surface area contributed by atoms with Gasteiger partial charge in [-0.15, -0.1) is 0 Å². The minimum absolute atomic E-state index is 0.615. The number of nitrogens with one attached hydrogen (secondary N) is 2. The van der Waals surface area contributed by atoms with Crippen LogP contribution in [0.5, 0.6) is 5.75 Å². The van der Waals surface area contributed by atoms with Gasteiger partial charge in [-0.25, -0.2) is 4.99 Å². The van der Waals surface area contributed by atoms with Crippen LogP contribution in [0.1, 0.15) is 18.9 Å². The molecule has 0 unspecified atom stereocenters. The van der Waals surface area contributed by atoms with Gasteiger partial charge in [0, 0.05) is 46.5 Å². The number of methoxy groups -OCH3 is 2. The van der Waals surface area contributed by atoms with Gasteiger partial charge in [0.2, 0.25) is 0 Å². The molecular formula is C20H36N4O3. The van der Waals surface area contributed by atoms with Crippen LogP contribution in [0.2, 0.25) is 0 Å². The Bertz CT molecular complexity index is 508. The molecule has 2 N–H and O–H groups in total. The highest BCUT2D eigenvalue weighted by molar-refractivity contribution is 5.79. The summed E-state index contributed by atoms with van der Waals surface area (Å²) in [5.41, 5.74) is 1.14. The largest absolute Gasteiger partial charge is 0.497 e. The summed E-state index contributed by atoms with van der Waals surface area (Å²) in [7, 11) is 5.48. The minimum atomic E-state index is 0.615. The molecule has 1 rings (SSSR count). The van der Waals surface area contributed by atoms with Crippen molar-refractivity contribution in [3.8, 4) is 5.75 Å². The standard InChI is InChI=1S/C20H36N4O3/c1-5-27-15-6-11-21-20(22-12-13-24(2)14-16-25-3)23-17-18-7-9-19(26-4)10-8-18/h7-10H,5-6,11-17H2,1-4H3,(H2,21,22,23). The van der Waals surface area contributed by atoms with Crippen molar-refractivity contribution in [1.82, 2.24) is 15.5 Å². The molecule has 0 heterocycles. The summed E-state index contributed by atoms with van der Waals surface area (Å²) in [6, 6.07) is 7.98. The third-order valence-corrected chi connectivity index (χ3v) is 4.00. The summed E-state index contributed by atoms with van der Waals surface area (Å²) in [4.78, 5) is 6.92. The lowest BCUT2D eigenvalue weighted by atomic mass is 10.2. The first-order valence-electron chi connectivity index (χ1n) is 9.60. The van der Waals surface area contributed by atoms with E-state index in [-0.39, 0.29) is 0 Å². The molecule has 0 bridgehead atoms. The van der Waals surface area contributed by atoms with Crippen molar-refractivity contribution in [2.45, 2.75) is 19.9 Å². The van der Waals surface area contributed by atoms with Crippen molar-refractivity contribution in [2.75, 3.05) is 67.3 Å².